The van der Waals surface area contributed by atoms with Gasteiger partial charge in [0.15, 0.2) is 11.5 Å². The first-order valence-corrected chi connectivity index (χ1v) is 5.92. The van der Waals surface area contributed by atoms with E-state index in [2.05, 4.69) is 25.3 Å². The lowest BCUT2D eigenvalue weighted by Gasteiger charge is -2.21. The minimum atomic E-state index is -0.0226. The predicted molar refractivity (Wildman–Crippen MR) is 68.3 cm³/mol. The summed E-state index contributed by atoms with van der Waals surface area (Å²) in [5.41, 5.74) is 1.36. The summed E-state index contributed by atoms with van der Waals surface area (Å²) >= 11 is 0. The fourth-order valence-corrected chi connectivity index (χ4v) is 1.75. The monoisotopic (exact) mass is 248 g/mol. The third-order valence-corrected chi connectivity index (χ3v) is 2.59. The number of rotatable bonds is 5. The number of nitrogens with zero attached hydrogens (tertiary/aromatic N) is 4. The average Bonchev–Trinajstić information content (AvgIpc) is 2.84. The molecule has 0 atom stereocenters. The van der Waals surface area contributed by atoms with Gasteiger partial charge in [0.1, 0.15) is 11.8 Å². The zero-order chi connectivity index (χ0) is 13.0. The second kappa shape index (κ2) is 5.44. The molecular weight excluding hydrogens is 232 g/mol. The van der Waals surface area contributed by atoms with Crippen LogP contribution in [-0.2, 0) is 4.79 Å². The second-order valence-corrected chi connectivity index (χ2v) is 3.77. The number of imidazole rings is 1. The molecule has 0 aliphatic heterocycles. The topological polar surface area (TPSA) is 86.8 Å². The standard InChI is InChI=1S/C11H16N6O/c1-3-12-8(18)5-17(4-2)11-9-10(14-6-13-9)15-7-16-11/h6-7H,3-5H2,1-2H3,(H,12,18)(H,13,14,15,16). The summed E-state index contributed by atoms with van der Waals surface area (Å²) in [5, 5.41) is 2.77. The Labute approximate surface area is 105 Å². The van der Waals surface area contributed by atoms with Gasteiger partial charge >= 0.3 is 0 Å². The highest BCUT2D eigenvalue weighted by atomic mass is 16.2. The SMILES string of the molecule is CCNC(=O)CN(CC)c1ncnc2nc[nH]c12. The molecule has 0 aliphatic carbocycles. The highest BCUT2D eigenvalue weighted by molar-refractivity contribution is 5.87. The van der Waals surface area contributed by atoms with E-state index in [0.29, 0.717) is 24.6 Å². The van der Waals surface area contributed by atoms with Crippen molar-refractivity contribution in [1.29, 1.82) is 0 Å². The van der Waals surface area contributed by atoms with Crippen molar-refractivity contribution in [1.82, 2.24) is 25.3 Å². The van der Waals surface area contributed by atoms with Crippen LogP contribution in [0.1, 0.15) is 13.8 Å². The number of carbonyl (C=O) groups excluding carboxylic acids is 1. The van der Waals surface area contributed by atoms with Crippen LogP contribution in [0.15, 0.2) is 12.7 Å². The van der Waals surface area contributed by atoms with E-state index in [9.17, 15) is 4.79 Å². The van der Waals surface area contributed by atoms with Crippen molar-refractivity contribution in [3.63, 3.8) is 0 Å². The number of aromatic amines is 1. The molecule has 2 N–H and O–H groups in total. The van der Waals surface area contributed by atoms with Crippen molar-refractivity contribution in [2.24, 2.45) is 0 Å². The molecule has 96 valence electrons. The Morgan fingerprint density at radius 3 is 2.94 bits per heavy atom. The molecular formula is C11H16N6O. The highest BCUT2D eigenvalue weighted by Crippen LogP contribution is 2.18. The number of likely N-dealkylation sites (N-methyl/N-ethyl adjacent to an activating group) is 2. The van der Waals surface area contributed by atoms with Gasteiger partial charge in [-0.25, -0.2) is 15.0 Å². The van der Waals surface area contributed by atoms with E-state index in [-0.39, 0.29) is 12.5 Å². The Morgan fingerprint density at radius 2 is 2.22 bits per heavy atom. The Balaban J connectivity index is 2.26. The van der Waals surface area contributed by atoms with Crippen molar-refractivity contribution in [2.45, 2.75) is 13.8 Å². The Morgan fingerprint density at radius 1 is 1.39 bits per heavy atom. The van der Waals surface area contributed by atoms with E-state index in [1.165, 1.54) is 6.33 Å². The molecule has 1 amide bonds. The van der Waals surface area contributed by atoms with Gasteiger partial charge in [-0.2, -0.15) is 0 Å². The first-order chi connectivity index (χ1) is 8.76. The highest BCUT2D eigenvalue weighted by Gasteiger charge is 2.15. The third-order valence-electron chi connectivity index (χ3n) is 2.59. The van der Waals surface area contributed by atoms with Crippen molar-refractivity contribution in [3.05, 3.63) is 12.7 Å². The van der Waals surface area contributed by atoms with Crippen molar-refractivity contribution < 1.29 is 4.79 Å². The lowest BCUT2D eigenvalue weighted by atomic mass is 10.4. The smallest absolute Gasteiger partial charge is 0.239 e. The quantitative estimate of drug-likeness (QED) is 0.795. The molecule has 0 fully saturated rings. The number of anilines is 1. The van der Waals surface area contributed by atoms with Gasteiger partial charge in [0.25, 0.3) is 0 Å². The predicted octanol–water partition coefficient (Wildman–Crippen LogP) is 0.315. The fraction of sp³-hybridized carbons (Fsp3) is 0.455. The summed E-state index contributed by atoms with van der Waals surface area (Å²) in [6, 6.07) is 0. The first kappa shape index (κ1) is 12.3. The summed E-state index contributed by atoms with van der Waals surface area (Å²) in [6.07, 6.45) is 3.03. The molecule has 18 heavy (non-hydrogen) atoms. The van der Waals surface area contributed by atoms with E-state index in [4.69, 9.17) is 0 Å². The maximum absolute atomic E-state index is 11.6. The van der Waals surface area contributed by atoms with Crippen LogP contribution in [-0.4, -0.2) is 45.5 Å². The van der Waals surface area contributed by atoms with Gasteiger partial charge in [-0.05, 0) is 13.8 Å². The Hall–Kier alpha value is -2.18. The van der Waals surface area contributed by atoms with Crippen LogP contribution in [0.5, 0.6) is 0 Å². The number of hydrogen-bond acceptors (Lipinski definition) is 5. The molecule has 0 saturated carbocycles. The largest absolute Gasteiger partial charge is 0.355 e. The second-order valence-electron chi connectivity index (χ2n) is 3.77. The van der Waals surface area contributed by atoms with E-state index in [1.807, 2.05) is 18.7 Å². The number of amides is 1. The number of carbonyl (C=O) groups is 1. The summed E-state index contributed by atoms with van der Waals surface area (Å²) < 4.78 is 0. The zero-order valence-corrected chi connectivity index (χ0v) is 10.5. The number of H-pyrrole nitrogens is 1. The van der Waals surface area contributed by atoms with E-state index in [0.717, 1.165) is 5.52 Å². The molecule has 7 heteroatoms. The summed E-state index contributed by atoms with van der Waals surface area (Å²) in [5.74, 6) is 0.678. The molecule has 2 rings (SSSR count). The van der Waals surface area contributed by atoms with Crippen LogP contribution in [0.2, 0.25) is 0 Å². The summed E-state index contributed by atoms with van der Waals surface area (Å²) in [4.78, 5) is 28.9. The Bertz CT molecular complexity index is 537. The number of hydrogen-bond donors (Lipinski definition) is 2. The van der Waals surface area contributed by atoms with Crippen LogP contribution in [0, 0.1) is 0 Å². The van der Waals surface area contributed by atoms with Crippen LogP contribution in [0.3, 0.4) is 0 Å². The van der Waals surface area contributed by atoms with Crippen LogP contribution >= 0.6 is 0 Å². The molecule has 0 aromatic carbocycles. The third kappa shape index (κ3) is 2.39. The van der Waals surface area contributed by atoms with Gasteiger partial charge < -0.3 is 15.2 Å². The van der Waals surface area contributed by atoms with Crippen LogP contribution < -0.4 is 10.2 Å². The number of fused-ring (bicyclic) bond motifs is 1. The molecule has 2 aromatic rings. The van der Waals surface area contributed by atoms with Gasteiger partial charge in [0, 0.05) is 13.1 Å². The maximum atomic E-state index is 11.6. The van der Waals surface area contributed by atoms with E-state index in [1.54, 1.807) is 6.33 Å². The van der Waals surface area contributed by atoms with E-state index >= 15 is 0 Å². The molecule has 0 bridgehead atoms. The first-order valence-electron chi connectivity index (χ1n) is 5.92. The number of aromatic nitrogens is 4. The molecule has 0 spiro atoms. The molecule has 2 aromatic heterocycles. The van der Waals surface area contributed by atoms with Gasteiger partial charge in [0.05, 0.1) is 12.9 Å². The molecule has 7 nitrogen and oxygen atoms in total. The minimum absolute atomic E-state index is 0.0226. The minimum Gasteiger partial charge on any atom is -0.355 e. The molecule has 2 heterocycles. The van der Waals surface area contributed by atoms with Gasteiger partial charge in [-0.15, -0.1) is 0 Å². The average molecular weight is 248 g/mol. The van der Waals surface area contributed by atoms with Crippen LogP contribution in [0.4, 0.5) is 5.82 Å². The summed E-state index contributed by atoms with van der Waals surface area (Å²) in [6.45, 7) is 5.45. The fourth-order valence-electron chi connectivity index (χ4n) is 1.75. The molecule has 0 saturated heterocycles. The number of nitrogens with one attached hydrogen (secondary N) is 2. The van der Waals surface area contributed by atoms with Crippen LogP contribution in [0.25, 0.3) is 11.2 Å². The Kier molecular flexibility index (Phi) is 3.71. The van der Waals surface area contributed by atoms with E-state index < -0.39 is 0 Å². The zero-order valence-electron chi connectivity index (χ0n) is 10.5. The summed E-state index contributed by atoms with van der Waals surface area (Å²) in [7, 11) is 0. The van der Waals surface area contributed by atoms with Crippen molar-refractivity contribution in [3.8, 4) is 0 Å². The molecule has 0 unspecified atom stereocenters. The lowest BCUT2D eigenvalue weighted by Crippen LogP contribution is -2.37. The lowest BCUT2D eigenvalue weighted by molar-refractivity contribution is -0.119. The van der Waals surface area contributed by atoms with Gasteiger partial charge in [-0.3, -0.25) is 4.79 Å². The molecule has 0 radical (unpaired) electrons. The van der Waals surface area contributed by atoms with Gasteiger partial charge in [-0.1, -0.05) is 0 Å². The van der Waals surface area contributed by atoms with Gasteiger partial charge in [0.2, 0.25) is 5.91 Å². The van der Waals surface area contributed by atoms with Crippen molar-refractivity contribution in [2.75, 3.05) is 24.5 Å². The molecule has 0 aliphatic rings. The maximum Gasteiger partial charge on any atom is 0.239 e. The normalized spacial score (nSPS) is 10.6. The van der Waals surface area contributed by atoms with Crippen molar-refractivity contribution >= 4 is 22.9 Å².